The number of hydrogen-bond acceptors (Lipinski definition) is 3. The van der Waals surface area contributed by atoms with Crippen LogP contribution in [0.25, 0.3) is 0 Å². The average molecular weight is 311 g/mol. The molecule has 0 radical (unpaired) electrons. The summed E-state index contributed by atoms with van der Waals surface area (Å²) in [5.41, 5.74) is 2.44. The van der Waals surface area contributed by atoms with Gasteiger partial charge in [-0.15, -0.1) is 0 Å². The molecule has 20 heavy (non-hydrogen) atoms. The lowest BCUT2D eigenvalue weighted by Gasteiger charge is -2.20. The van der Waals surface area contributed by atoms with E-state index >= 15 is 0 Å². The molecule has 3 rings (SSSR count). The summed E-state index contributed by atoms with van der Waals surface area (Å²) >= 11 is 8.41. The molecule has 2 nitrogen and oxygen atoms in total. The summed E-state index contributed by atoms with van der Waals surface area (Å²) < 4.78 is 0. The molecule has 0 atom stereocenters. The number of hydrogen-bond donors (Lipinski definition) is 0. The summed E-state index contributed by atoms with van der Waals surface area (Å²) in [5, 5.41) is 1.53. The first-order valence-electron chi connectivity index (χ1n) is 7.98. The van der Waals surface area contributed by atoms with Crippen molar-refractivity contribution in [3.63, 3.8) is 0 Å². The van der Waals surface area contributed by atoms with Crippen molar-refractivity contribution in [3.05, 3.63) is 22.2 Å². The number of rotatable bonds is 3. The van der Waals surface area contributed by atoms with Crippen LogP contribution in [-0.4, -0.2) is 15.2 Å². The average Bonchev–Trinajstić information content (AvgIpc) is 2.72. The fourth-order valence-electron chi connectivity index (χ4n) is 3.26. The molecule has 1 fully saturated rings. The van der Waals surface area contributed by atoms with Crippen molar-refractivity contribution < 1.29 is 0 Å². The predicted molar refractivity (Wildman–Crippen MR) is 86.5 cm³/mol. The highest BCUT2D eigenvalue weighted by Gasteiger charge is 2.18. The number of aryl methyl sites for hydroxylation is 1. The van der Waals surface area contributed by atoms with Crippen molar-refractivity contribution in [3.8, 4) is 0 Å². The molecule has 0 spiro atoms. The van der Waals surface area contributed by atoms with Gasteiger partial charge >= 0.3 is 0 Å². The van der Waals surface area contributed by atoms with Crippen LogP contribution in [0.5, 0.6) is 0 Å². The van der Waals surface area contributed by atoms with Crippen LogP contribution in [0.1, 0.15) is 68.4 Å². The van der Waals surface area contributed by atoms with Gasteiger partial charge in [0.15, 0.2) is 0 Å². The molecule has 1 saturated carbocycles. The maximum atomic E-state index is 6.38. The summed E-state index contributed by atoms with van der Waals surface area (Å²) in [6.07, 6.45) is 12.8. The molecule has 2 aliphatic carbocycles. The Hall–Kier alpha value is -0.280. The molecule has 110 valence electrons. The third-order valence-electron chi connectivity index (χ3n) is 4.43. The first kappa shape index (κ1) is 14.6. The molecule has 1 heterocycles. The van der Waals surface area contributed by atoms with Crippen molar-refractivity contribution in [1.82, 2.24) is 9.97 Å². The summed E-state index contributed by atoms with van der Waals surface area (Å²) in [6.45, 7) is 0. The van der Waals surface area contributed by atoms with E-state index in [1.807, 2.05) is 11.8 Å². The Morgan fingerprint density at radius 1 is 0.950 bits per heavy atom. The summed E-state index contributed by atoms with van der Waals surface area (Å²) in [7, 11) is 0. The van der Waals surface area contributed by atoms with Crippen molar-refractivity contribution in [2.45, 2.75) is 75.2 Å². The van der Waals surface area contributed by atoms with Gasteiger partial charge in [0.1, 0.15) is 11.0 Å². The van der Waals surface area contributed by atoms with Crippen LogP contribution in [0.15, 0.2) is 0 Å². The highest BCUT2D eigenvalue weighted by atomic mass is 35.5. The van der Waals surface area contributed by atoms with Crippen LogP contribution in [0.3, 0.4) is 0 Å². The molecule has 1 aromatic heterocycles. The highest BCUT2D eigenvalue weighted by Crippen LogP contribution is 2.31. The van der Waals surface area contributed by atoms with Crippen molar-refractivity contribution >= 4 is 23.4 Å². The molecule has 0 N–H and O–H groups in total. The molecular weight excluding hydrogens is 288 g/mol. The zero-order valence-electron chi connectivity index (χ0n) is 12.0. The van der Waals surface area contributed by atoms with Crippen LogP contribution in [0.2, 0.25) is 5.15 Å². The Labute approximate surface area is 131 Å². The van der Waals surface area contributed by atoms with Gasteiger partial charge in [0.05, 0.1) is 5.75 Å². The minimum atomic E-state index is 0.719. The second kappa shape index (κ2) is 7.13. The zero-order valence-corrected chi connectivity index (χ0v) is 13.6. The topological polar surface area (TPSA) is 25.8 Å². The van der Waals surface area contributed by atoms with E-state index in [4.69, 9.17) is 16.6 Å². The van der Waals surface area contributed by atoms with Gasteiger partial charge in [-0.2, -0.15) is 11.8 Å². The van der Waals surface area contributed by atoms with Crippen molar-refractivity contribution in [2.24, 2.45) is 0 Å². The van der Waals surface area contributed by atoms with Crippen LogP contribution in [-0.2, 0) is 18.6 Å². The lowest BCUT2D eigenvalue weighted by atomic mass is 10.0. The third kappa shape index (κ3) is 3.67. The Balaban J connectivity index is 1.67. The van der Waals surface area contributed by atoms with E-state index in [2.05, 4.69) is 4.98 Å². The van der Waals surface area contributed by atoms with E-state index in [9.17, 15) is 0 Å². The number of thioether (sulfide) groups is 1. The molecule has 2 aliphatic rings. The van der Waals surface area contributed by atoms with E-state index < -0.39 is 0 Å². The van der Waals surface area contributed by atoms with E-state index in [0.29, 0.717) is 0 Å². The van der Waals surface area contributed by atoms with Crippen LogP contribution in [0.4, 0.5) is 0 Å². The van der Waals surface area contributed by atoms with Crippen molar-refractivity contribution in [1.29, 1.82) is 0 Å². The summed E-state index contributed by atoms with van der Waals surface area (Å²) in [5.74, 6) is 1.88. The number of halogens is 1. The first-order chi connectivity index (χ1) is 9.83. The molecule has 1 aromatic rings. The number of nitrogens with zero attached hydrogens (tertiary/aromatic N) is 2. The molecule has 4 heteroatoms. The maximum absolute atomic E-state index is 6.38. The quantitative estimate of drug-likeness (QED) is 0.582. The maximum Gasteiger partial charge on any atom is 0.140 e. The van der Waals surface area contributed by atoms with Gasteiger partial charge in [0, 0.05) is 16.5 Å². The predicted octanol–water partition coefficient (Wildman–Crippen LogP) is 4.96. The SMILES string of the molecule is Clc1nc(CSC2CCCCC2)nc2c1CCCCC2. The Morgan fingerprint density at radius 3 is 2.55 bits per heavy atom. The largest absolute Gasteiger partial charge is 0.237 e. The molecular formula is C16H23ClN2S. The molecule has 0 unspecified atom stereocenters. The van der Waals surface area contributed by atoms with E-state index in [-0.39, 0.29) is 0 Å². The van der Waals surface area contributed by atoms with Gasteiger partial charge in [0.25, 0.3) is 0 Å². The van der Waals surface area contributed by atoms with Gasteiger partial charge in [-0.05, 0) is 38.5 Å². The van der Waals surface area contributed by atoms with Gasteiger partial charge in [-0.25, -0.2) is 9.97 Å². The smallest absolute Gasteiger partial charge is 0.140 e. The first-order valence-corrected chi connectivity index (χ1v) is 9.41. The van der Waals surface area contributed by atoms with Gasteiger partial charge < -0.3 is 0 Å². The second-order valence-electron chi connectivity index (χ2n) is 5.99. The normalized spacial score (nSPS) is 20.4. The third-order valence-corrected chi connectivity index (χ3v) is 6.11. The second-order valence-corrected chi connectivity index (χ2v) is 7.63. The van der Waals surface area contributed by atoms with E-state index in [0.717, 1.165) is 34.8 Å². The summed E-state index contributed by atoms with van der Waals surface area (Å²) in [6, 6.07) is 0. The standard InChI is InChI=1S/C16H23ClN2S/c17-16-13-9-5-2-6-10-14(13)18-15(19-16)11-20-12-7-3-1-4-8-12/h12H,1-11H2. The lowest BCUT2D eigenvalue weighted by Crippen LogP contribution is -2.10. The van der Waals surface area contributed by atoms with Crippen molar-refractivity contribution in [2.75, 3.05) is 0 Å². The molecule has 0 aromatic carbocycles. The van der Waals surface area contributed by atoms with Gasteiger partial charge in [-0.1, -0.05) is 37.3 Å². The molecule has 0 amide bonds. The fraction of sp³-hybridized carbons (Fsp3) is 0.750. The number of fused-ring (bicyclic) bond motifs is 1. The van der Waals surface area contributed by atoms with Crippen LogP contribution >= 0.6 is 23.4 Å². The minimum absolute atomic E-state index is 0.719. The zero-order chi connectivity index (χ0) is 13.8. The fourth-order valence-corrected chi connectivity index (χ4v) is 4.74. The van der Waals surface area contributed by atoms with Crippen LogP contribution in [0, 0.1) is 0 Å². The lowest BCUT2D eigenvalue weighted by molar-refractivity contribution is 0.516. The van der Waals surface area contributed by atoms with Crippen LogP contribution < -0.4 is 0 Å². The Kier molecular flexibility index (Phi) is 5.22. The molecule has 0 aliphatic heterocycles. The van der Waals surface area contributed by atoms with E-state index in [1.54, 1.807) is 0 Å². The molecule has 0 saturated heterocycles. The van der Waals surface area contributed by atoms with Gasteiger partial charge in [0.2, 0.25) is 0 Å². The number of aromatic nitrogens is 2. The monoisotopic (exact) mass is 310 g/mol. The Morgan fingerprint density at radius 2 is 1.70 bits per heavy atom. The van der Waals surface area contributed by atoms with E-state index in [1.165, 1.54) is 62.6 Å². The van der Waals surface area contributed by atoms with Gasteiger partial charge in [-0.3, -0.25) is 0 Å². The molecule has 0 bridgehead atoms. The summed E-state index contributed by atoms with van der Waals surface area (Å²) in [4.78, 5) is 9.35. The Bertz CT molecular complexity index is 458. The minimum Gasteiger partial charge on any atom is -0.237 e. The highest BCUT2D eigenvalue weighted by molar-refractivity contribution is 7.99.